The Hall–Kier alpha value is -0.660. The maximum absolute atomic E-state index is 12.7. The highest BCUT2D eigenvalue weighted by atomic mass is 32.2. The first-order chi connectivity index (χ1) is 9.34. The van der Waals surface area contributed by atoms with Crippen LogP contribution in [0.4, 0.5) is 0 Å². The van der Waals surface area contributed by atoms with Crippen molar-refractivity contribution in [3.63, 3.8) is 0 Å². The molecule has 2 fully saturated rings. The van der Waals surface area contributed by atoms with Gasteiger partial charge >= 0.3 is 5.97 Å². The molecule has 7 heteroatoms. The van der Waals surface area contributed by atoms with E-state index in [4.69, 9.17) is 5.11 Å². The van der Waals surface area contributed by atoms with Crippen molar-refractivity contribution in [2.45, 2.75) is 58.0 Å². The Labute approximate surface area is 120 Å². The van der Waals surface area contributed by atoms with E-state index in [2.05, 4.69) is 0 Å². The van der Waals surface area contributed by atoms with E-state index in [0.29, 0.717) is 25.9 Å². The van der Waals surface area contributed by atoms with Gasteiger partial charge in [0, 0.05) is 25.2 Å². The molecule has 1 N–H and O–H groups in total. The maximum Gasteiger partial charge on any atom is 0.306 e. The summed E-state index contributed by atoms with van der Waals surface area (Å²) in [6.07, 6.45) is 3.68. The van der Waals surface area contributed by atoms with E-state index in [1.54, 1.807) is 4.31 Å². The zero-order chi connectivity index (χ0) is 14.9. The van der Waals surface area contributed by atoms with E-state index >= 15 is 0 Å². The van der Waals surface area contributed by atoms with Crippen LogP contribution in [-0.4, -0.2) is 53.3 Å². The molecular weight excluding hydrogens is 280 g/mol. The van der Waals surface area contributed by atoms with Crippen molar-refractivity contribution < 1.29 is 18.3 Å². The third kappa shape index (κ3) is 2.99. The van der Waals surface area contributed by atoms with Gasteiger partial charge in [-0.05, 0) is 39.5 Å². The highest BCUT2D eigenvalue weighted by Crippen LogP contribution is 2.29. The quantitative estimate of drug-likeness (QED) is 0.852. The molecule has 2 aliphatic rings. The fourth-order valence-corrected chi connectivity index (χ4v) is 5.38. The summed E-state index contributed by atoms with van der Waals surface area (Å²) in [5, 5.41) is 8.98. The second-order valence-electron chi connectivity index (χ2n) is 5.98. The number of rotatable bonds is 3. The van der Waals surface area contributed by atoms with Crippen LogP contribution in [0.15, 0.2) is 0 Å². The molecule has 20 heavy (non-hydrogen) atoms. The largest absolute Gasteiger partial charge is 0.481 e. The van der Waals surface area contributed by atoms with Crippen LogP contribution in [0.25, 0.3) is 0 Å². The predicted molar refractivity (Wildman–Crippen MR) is 75.5 cm³/mol. The van der Waals surface area contributed by atoms with Gasteiger partial charge in [0.1, 0.15) is 0 Å². The fourth-order valence-electron chi connectivity index (χ4n) is 3.32. The van der Waals surface area contributed by atoms with Crippen molar-refractivity contribution in [1.82, 2.24) is 8.61 Å². The molecule has 2 atom stereocenters. The van der Waals surface area contributed by atoms with Gasteiger partial charge in [-0.2, -0.15) is 17.0 Å². The summed E-state index contributed by atoms with van der Waals surface area (Å²) in [6.45, 7) is 4.54. The van der Waals surface area contributed by atoms with Crippen molar-refractivity contribution >= 4 is 16.2 Å². The Morgan fingerprint density at radius 1 is 1.05 bits per heavy atom. The molecule has 2 aliphatic heterocycles. The van der Waals surface area contributed by atoms with Gasteiger partial charge in [0.15, 0.2) is 0 Å². The highest BCUT2D eigenvalue weighted by Gasteiger charge is 2.40. The number of nitrogens with zero attached hydrogens (tertiary/aromatic N) is 2. The normalized spacial score (nSPS) is 31.3. The number of aliphatic carboxylic acids is 1. The van der Waals surface area contributed by atoms with Gasteiger partial charge in [-0.25, -0.2) is 0 Å². The second-order valence-corrected chi connectivity index (χ2v) is 7.81. The van der Waals surface area contributed by atoms with E-state index in [-0.39, 0.29) is 12.1 Å². The minimum Gasteiger partial charge on any atom is -0.481 e. The zero-order valence-corrected chi connectivity index (χ0v) is 13.0. The van der Waals surface area contributed by atoms with Crippen molar-refractivity contribution in [2.75, 3.05) is 13.1 Å². The first-order valence-corrected chi connectivity index (χ1v) is 8.75. The van der Waals surface area contributed by atoms with Gasteiger partial charge in [0.2, 0.25) is 0 Å². The lowest BCUT2D eigenvalue weighted by Crippen LogP contribution is -2.55. The Balaban J connectivity index is 2.09. The molecule has 0 saturated carbocycles. The van der Waals surface area contributed by atoms with Crippen LogP contribution >= 0.6 is 0 Å². The molecule has 6 nitrogen and oxygen atoms in total. The summed E-state index contributed by atoms with van der Waals surface area (Å²) in [5.74, 6) is -1.22. The number of carboxylic acid groups (broad SMARTS) is 1. The first kappa shape index (κ1) is 15.7. The fraction of sp³-hybridized carbons (Fsp3) is 0.923. The first-order valence-electron chi connectivity index (χ1n) is 7.35. The van der Waals surface area contributed by atoms with Crippen LogP contribution in [0.3, 0.4) is 0 Å². The molecule has 2 saturated heterocycles. The molecule has 0 aliphatic carbocycles. The third-order valence-electron chi connectivity index (χ3n) is 4.51. The van der Waals surface area contributed by atoms with Gasteiger partial charge < -0.3 is 5.11 Å². The van der Waals surface area contributed by atoms with Crippen molar-refractivity contribution in [2.24, 2.45) is 5.92 Å². The van der Waals surface area contributed by atoms with Gasteiger partial charge in [0.25, 0.3) is 10.2 Å². The molecule has 2 unspecified atom stereocenters. The summed E-state index contributed by atoms with van der Waals surface area (Å²) in [7, 11) is -3.46. The predicted octanol–water partition coefficient (Wildman–Crippen LogP) is 1.29. The van der Waals surface area contributed by atoms with E-state index in [9.17, 15) is 13.2 Å². The van der Waals surface area contributed by atoms with Gasteiger partial charge in [-0.15, -0.1) is 0 Å². The molecule has 2 rings (SSSR count). The van der Waals surface area contributed by atoms with Gasteiger partial charge in [0.05, 0.1) is 5.92 Å². The van der Waals surface area contributed by atoms with Gasteiger partial charge in [-0.3, -0.25) is 4.79 Å². The smallest absolute Gasteiger partial charge is 0.306 e. The van der Waals surface area contributed by atoms with E-state index in [1.165, 1.54) is 4.31 Å². The number of hydrogen-bond acceptors (Lipinski definition) is 3. The summed E-state index contributed by atoms with van der Waals surface area (Å²) >= 11 is 0. The minimum absolute atomic E-state index is 0.0287. The lowest BCUT2D eigenvalue weighted by molar-refractivity contribution is -0.142. The lowest BCUT2D eigenvalue weighted by Gasteiger charge is -2.41. The Kier molecular flexibility index (Phi) is 4.71. The van der Waals surface area contributed by atoms with Crippen molar-refractivity contribution in [3.8, 4) is 0 Å². The molecule has 0 aromatic heterocycles. The molecule has 0 spiro atoms. The van der Waals surface area contributed by atoms with E-state index in [0.717, 1.165) is 19.3 Å². The van der Waals surface area contributed by atoms with Crippen LogP contribution in [0.5, 0.6) is 0 Å². The molecule has 0 aromatic rings. The summed E-state index contributed by atoms with van der Waals surface area (Å²) in [5.41, 5.74) is 0. The van der Waals surface area contributed by atoms with Crippen LogP contribution in [0.2, 0.25) is 0 Å². The molecular formula is C13H24N2O4S. The third-order valence-corrected chi connectivity index (χ3v) is 6.78. The van der Waals surface area contributed by atoms with Crippen LogP contribution < -0.4 is 0 Å². The number of hydrogen-bond donors (Lipinski definition) is 1. The average Bonchev–Trinajstić information content (AvgIpc) is 2.38. The summed E-state index contributed by atoms with van der Waals surface area (Å²) < 4.78 is 28.6. The lowest BCUT2D eigenvalue weighted by atomic mass is 9.99. The summed E-state index contributed by atoms with van der Waals surface area (Å²) in [4.78, 5) is 10.9. The Morgan fingerprint density at radius 2 is 1.55 bits per heavy atom. The Morgan fingerprint density at radius 3 is 2.00 bits per heavy atom. The molecule has 0 radical (unpaired) electrons. The van der Waals surface area contributed by atoms with E-state index in [1.807, 2.05) is 13.8 Å². The number of piperidine rings is 2. The highest BCUT2D eigenvalue weighted by molar-refractivity contribution is 7.86. The van der Waals surface area contributed by atoms with Crippen molar-refractivity contribution in [3.05, 3.63) is 0 Å². The topological polar surface area (TPSA) is 77.9 Å². The zero-order valence-electron chi connectivity index (χ0n) is 12.2. The number of carboxylic acids is 1. The minimum atomic E-state index is -3.46. The molecule has 0 aromatic carbocycles. The summed E-state index contributed by atoms with van der Waals surface area (Å²) in [6, 6.07) is 0.0573. The molecule has 0 amide bonds. The van der Waals surface area contributed by atoms with Crippen molar-refractivity contribution in [1.29, 1.82) is 0 Å². The monoisotopic (exact) mass is 304 g/mol. The standard InChI is InChI=1S/C13H24N2O4S/c1-10-4-3-5-11(2)15(10)20(18,19)14-8-6-12(7-9-14)13(16)17/h10-12H,3-9H2,1-2H3,(H,16,17). The van der Waals surface area contributed by atoms with Gasteiger partial charge in [-0.1, -0.05) is 6.42 Å². The SMILES string of the molecule is CC1CCCC(C)N1S(=O)(=O)N1CCC(C(=O)O)CC1. The van der Waals surface area contributed by atoms with Crippen LogP contribution in [-0.2, 0) is 15.0 Å². The molecule has 0 bridgehead atoms. The number of carbonyl (C=O) groups is 1. The van der Waals surface area contributed by atoms with Crippen LogP contribution in [0.1, 0.15) is 46.0 Å². The Bertz CT molecular complexity index is 447. The van der Waals surface area contributed by atoms with Crippen LogP contribution in [0, 0.1) is 5.92 Å². The second kappa shape index (κ2) is 5.99. The average molecular weight is 304 g/mol. The maximum atomic E-state index is 12.7. The molecule has 2 heterocycles. The molecule has 116 valence electrons. The van der Waals surface area contributed by atoms with E-state index < -0.39 is 22.1 Å².